The summed E-state index contributed by atoms with van der Waals surface area (Å²) in [6, 6.07) is 3.61. The molecule has 0 radical (unpaired) electrons. The van der Waals surface area contributed by atoms with Crippen molar-refractivity contribution in [3.63, 3.8) is 0 Å². The van der Waals surface area contributed by atoms with Gasteiger partial charge in [0.2, 0.25) is 0 Å². The molecule has 0 fully saturated rings. The molecule has 0 saturated carbocycles. The van der Waals surface area contributed by atoms with Gasteiger partial charge in [-0.25, -0.2) is 9.18 Å². The Bertz CT molecular complexity index is 395. The Labute approximate surface area is 93.3 Å². The Morgan fingerprint density at radius 1 is 1.56 bits per heavy atom. The lowest BCUT2D eigenvalue weighted by molar-refractivity contribution is -0.138. The van der Waals surface area contributed by atoms with Gasteiger partial charge in [0.25, 0.3) is 0 Å². The van der Waals surface area contributed by atoms with Crippen LogP contribution in [0, 0.1) is 5.82 Å². The number of halogens is 1. The summed E-state index contributed by atoms with van der Waals surface area (Å²) in [5.41, 5.74) is 0.494. The molecule has 0 saturated heterocycles. The second-order valence-electron chi connectivity index (χ2n) is 3.44. The molecule has 4 nitrogen and oxygen atoms in total. The second kappa shape index (κ2) is 4.83. The van der Waals surface area contributed by atoms with E-state index in [1.807, 2.05) is 0 Å². The molecule has 0 bridgehead atoms. The SMILES string of the molecule is COc1ccc(N(C)C(C)C(=O)O)cc1F. The molecule has 16 heavy (non-hydrogen) atoms. The number of hydrogen-bond donors (Lipinski definition) is 1. The predicted octanol–water partition coefficient (Wildman–Crippen LogP) is 1.74. The van der Waals surface area contributed by atoms with Gasteiger partial charge in [0.1, 0.15) is 6.04 Å². The summed E-state index contributed by atoms with van der Waals surface area (Å²) in [6.07, 6.45) is 0. The van der Waals surface area contributed by atoms with Crippen molar-refractivity contribution >= 4 is 11.7 Å². The Kier molecular flexibility index (Phi) is 3.71. The standard InChI is InChI=1S/C11H14FNO3/c1-7(11(14)15)13(2)8-4-5-10(16-3)9(12)6-8/h4-7H,1-3H3,(H,14,15). The number of benzene rings is 1. The van der Waals surface area contributed by atoms with Crippen LogP contribution in [0.3, 0.4) is 0 Å². The predicted molar refractivity (Wildman–Crippen MR) is 58.5 cm³/mol. The number of carboxylic acids is 1. The quantitative estimate of drug-likeness (QED) is 0.851. The van der Waals surface area contributed by atoms with Crippen molar-refractivity contribution in [1.82, 2.24) is 0 Å². The molecule has 0 spiro atoms. The smallest absolute Gasteiger partial charge is 0.326 e. The van der Waals surface area contributed by atoms with Crippen molar-refractivity contribution in [1.29, 1.82) is 0 Å². The summed E-state index contributed by atoms with van der Waals surface area (Å²) < 4.78 is 18.2. The summed E-state index contributed by atoms with van der Waals surface area (Å²) in [6.45, 7) is 1.53. The van der Waals surface area contributed by atoms with Crippen LogP contribution in [0.5, 0.6) is 5.75 Å². The van der Waals surface area contributed by atoms with Crippen LogP contribution in [0.25, 0.3) is 0 Å². The van der Waals surface area contributed by atoms with Crippen molar-refractivity contribution in [3.8, 4) is 5.75 Å². The number of aliphatic carboxylic acids is 1. The number of hydrogen-bond acceptors (Lipinski definition) is 3. The summed E-state index contributed by atoms with van der Waals surface area (Å²) in [7, 11) is 2.97. The molecule has 1 atom stereocenters. The first kappa shape index (κ1) is 12.3. The molecular formula is C11H14FNO3. The van der Waals surface area contributed by atoms with Crippen LogP contribution in [-0.2, 0) is 4.79 Å². The first-order chi connectivity index (χ1) is 7.47. The van der Waals surface area contributed by atoms with Gasteiger partial charge < -0.3 is 14.7 Å². The topological polar surface area (TPSA) is 49.8 Å². The van der Waals surface area contributed by atoms with Gasteiger partial charge in [-0.15, -0.1) is 0 Å². The maximum atomic E-state index is 13.4. The zero-order chi connectivity index (χ0) is 12.3. The van der Waals surface area contributed by atoms with Crippen LogP contribution >= 0.6 is 0 Å². The number of ether oxygens (including phenoxy) is 1. The van der Waals surface area contributed by atoms with Gasteiger partial charge >= 0.3 is 5.97 Å². The van der Waals surface area contributed by atoms with E-state index < -0.39 is 17.8 Å². The van der Waals surface area contributed by atoms with Crippen molar-refractivity contribution in [2.75, 3.05) is 19.1 Å². The van der Waals surface area contributed by atoms with E-state index in [2.05, 4.69) is 0 Å². The average Bonchev–Trinajstić information content (AvgIpc) is 2.26. The van der Waals surface area contributed by atoms with Crippen LogP contribution in [0.2, 0.25) is 0 Å². The number of anilines is 1. The van der Waals surface area contributed by atoms with Crippen LogP contribution < -0.4 is 9.64 Å². The Morgan fingerprint density at radius 2 is 2.19 bits per heavy atom. The van der Waals surface area contributed by atoms with Gasteiger partial charge in [-0.2, -0.15) is 0 Å². The third-order valence-electron chi connectivity index (χ3n) is 2.48. The third-order valence-corrected chi connectivity index (χ3v) is 2.48. The van der Waals surface area contributed by atoms with Gasteiger partial charge in [-0.05, 0) is 19.1 Å². The third kappa shape index (κ3) is 2.42. The minimum Gasteiger partial charge on any atom is -0.494 e. The van der Waals surface area contributed by atoms with E-state index in [1.165, 1.54) is 31.1 Å². The molecule has 1 unspecified atom stereocenters. The minimum absolute atomic E-state index is 0.139. The highest BCUT2D eigenvalue weighted by molar-refractivity contribution is 5.77. The second-order valence-corrected chi connectivity index (χ2v) is 3.44. The first-order valence-electron chi connectivity index (χ1n) is 4.76. The Morgan fingerprint density at radius 3 is 2.62 bits per heavy atom. The van der Waals surface area contributed by atoms with Crippen LogP contribution in [0.1, 0.15) is 6.92 Å². The fourth-order valence-electron chi connectivity index (χ4n) is 1.26. The first-order valence-corrected chi connectivity index (χ1v) is 4.76. The van der Waals surface area contributed by atoms with Crippen LogP contribution in [0.15, 0.2) is 18.2 Å². The molecule has 1 rings (SSSR count). The minimum atomic E-state index is -0.960. The van der Waals surface area contributed by atoms with E-state index >= 15 is 0 Å². The van der Waals surface area contributed by atoms with E-state index in [4.69, 9.17) is 9.84 Å². The van der Waals surface area contributed by atoms with Gasteiger partial charge in [-0.1, -0.05) is 0 Å². The number of carbonyl (C=O) groups is 1. The number of rotatable bonds is 4. The zero-order valence-electron chi connectivity index (χ0n) is 9.40. The number of methoxy groups -OCH3 is 1. The molecule has 0 aliphatic rings. The molecule has 0 aliphatic carbocycles. The van der Waals surface area contributed by atoms with E-state index in [-0.39, 0.29) is 5.75 Å². The fraction of sp³-hybridized carbons (Fsp3) is 0.364. The zero-order valence-corrected chi connectivity index (χ0v) is 9.40. The summed E-state index contributed by atoms with van der Waals surface area (Å²) >= 11 is 0. The molecule has 88 valence electrons. The van der Waals surface area contributed by atoms with E-state index in [1.54, 1.807) is 13.1 Å². The summed E-state index contributed by atoms with van der Waals surface area (Å²) in [5, 5.41) is 8.82. The van der Waals surface area contributed by atoms with E-state index in [0.29, 0.717) is 5.69 Å². The summed E-state index contributed by atoms with van der Waals surface area (Å²) in [4.78, 5) is 12.2. The molecule has 0 amide bonds. The highest BCUT2D eigenvalue weighted by Crippen LogP contribution is 2.23. The van der Waals surface area contributed by atoms with Gasteiger partial charge in [0.05, 0.1) is 7.11 Å². The van der Waals surface area contributed by atoms with Gasteiger partial charge in [0.15, 0.2) is 11.6 Å². The van der Waals surface area contributed by atoms with Crippen LogP contribution in [-0.4, -0.2) is 31.3 Å². The monoisotopic (exact) mass is 227 g/mol. The lowest BCUT2D eigenvalue weighted by Gasteiger charge is -2.23. The molecule has 1 aromatic rings. The highest BCUT2D eigenvalue weighted by atomic mass is 19.1. The molecule has 0 heterocycles. The maximum Gasteiger partial charge on any atom is 0.326 e. The average molecular weight is 227 g/mol. The van der Waals surface area contributed by atoms with Crippen LogP contribution in [0.4, 0.5) is 10.1 Å². The lowest BCUT2D eigenvalue weighted by Crippen LogP contribution is -2.35. The number of carboxylic acid groups (broad SMARTS) is 1. The number of likely N-dealkylation sites (N-methyl/N-ethyl adjacent to an activating group) is 1. The molecular weight excluding hydrogens is 213 g/mol. The fourth-order valence-corrected chi connectivity index (χ4v) is 1.26. The maximum absolute atomic E-state index is 13.4. The number of nitrogens with zero attached hydrogens (tertiary/aromatic N) is 1. The van der Waals surface area contributed by atoms with Crippen molar-refractivity contribution in [2.24, 2.45) is 0 Å². The Balaban J connectivity index is 2.97. The molecule has 0 aliphatic heterocycles. The lowest BCUT2D eigenvalue weighted by atomic mass is 10.2. The molecule has 1 N–H and O–H groups in total. The van der Waals surface area contributed by atoms with Gasteiger partial charge in [0, 0.05) is 18.8 Å². The van der Waals surface area contributed by atoms with Crippen molar-refractivity contribution in [2.45, 2.75) is 13.0 Å². The van der Waals surface area contributed by atoms with E-state index in [0.717, 1.165) is 0 Å². The largest absolute Gasteiger partial charge is 0.494 e. The molecule has 5 heteroatoms. The van der Waals surface area contributed by atoms with Gasteiger partial charge in [-0.3, -0.25) is 0 Å². The highest BCUT2D eigenvalue weighted by Gasteiger charge is 2.18. The summed E-state index contributed by atoms with van der Waals surface area (Å²) in [5.74, 6) is -1.33. The van der Waals surface area contributed by atoms with E-state index in [9.17, 15) is 9.18 Å². The normalized spacial score (nSPS) is 12.0. The van der Waals surface area contributed by atoms with Crippen molar-refractivity contribution < 1.29 is 19.0 Å². The molecule has 1 aromatic carbocycles. The Hall–Kier alpha value is -1.78. The van der Waals surface area contributed by atoms with Crippen molar-refractivity contribution in [3.05, 3.63) is 24.0 Å². The molecule has 0 aromatic heterocycles.